The number of nitrogens with one attached hydrogen (secondary N) is 1. The van der Waals surface area contributed by atoms with Crippen LogP contribution in [0.25, 0.3) is 10.9 Å². The van der Waals surface area contributed by atoms with Gasteiger partial charge in [0.05, 0.1) is 21.8 Å². The minimum absolute atomic E-state index is 0.0831. The second-order valence-electron chi connectivity index (χ2n) is 9.18. The molecule has 1 N–H and O–H groups in total. The number of hydrogen-bond acceptors (Lipinski definition) is 5. The summed E-state index contributed by atoms with van der Waals surface area (Å²) >= 11 is 6.46. The van der Waals surface area contributed by atoms with Gasteiger partial charge in [0.1, 0.15) is 4.90 Å². The van der Waals surface area contributed by atoms with Crippen LogP contribution in [0, 0.1) is 5.92 Å². The van der Waals surface area contributed by atoms with E-state index in [4.69, 9.17) is 11.6 Å². The van der Waals surface area contributed by atoms with Crippen molar-refractivity contribution < 1.29 is 13.2 Å². The van der Waals surface area contributed by atoms with Crippen LogP contribution < -0.4 is 4.72 Å². The van der Waals surface area contributed by atoms with Gasteiger partial charge in [-0.25, -0.2) is 8.42 Å². The number of hydrogen-bond donors (Lipinski definition) is 1. The highest BCUT2D eigenvalue weighted by atomic mass is 35.5. The highest BCUT2D eigenvalue weighted by Crippen LogP contribution is 2.31. The van der Waals surface area contributed by atoms with E-state index >= 15 is 0 Å². The molecule has 1 unspecified atom stereocenters. The van der Waals surface area contributed by atoms with Crippen LogP contribution in [0.2, 0.25) is 5.02 Å². The van der Waals surface area contributed by atoms with Gasteiger partial charge in [-0.05, 0) is 56.0 Å². The first-order chi connectivity index (χ1) is 16.3. The summed E-state index contributed by atoms with van der Waals surface area (Å²) in [6, 6.07) is 13.3. The maximum atomic E-state index is 13.2. The monoisotopic (exact) mass is 498 g/mol. The Kier molecular flexibility index (Phi) is 6.22. The third kappa shape index (κ3) is 4.76. The first-order valence-electron chi connectivity index (χ1n) is 11.5. The first kappa shape index (κ1) is 23.1. The van der Waals surface area contributed by atoms with Crippen LogP contribution in [-0.2, 0) is 10.0 Å². The van der Waals surface area contributed by atoms with Crippen LogP contribution in [0.1, 0.15) is 30.1 Å². The van der Waals surface area contributed by atoms with E-state index < -0.39 is 10.0 Å². The van der Waals surface area contributed by atoms with Gasteiger partial charge >= 0.3 is 0 Å². The van der Waals surface area contributed by atoms with Crippen molar-refractivity contribution in [3.8, 4) is 0 Å². The summed E-state index contributed by atoms with van der Waals surface area (Å²) in [7, 11) is -3.90. The predicted molar refractivity (Wildman–Crippen MR) is 134 cm³/mol. The van der Waals surface area contributed by atoms with Gasteiger partial charge in [0.15, 0.2) is 0 Å². The summed E-state index contributed by atoms with van der Waals surface area (Å²) in [5.74, 6) is 0.695. The molecule has 1 amide bonds. The minimum atomic E-state index is -3.90. The fourth-order valence-electron chi connectivity index (χ4n) is 4.58. The lowest BCUT2D eigenvalue weighted by Crippen LogP contribution is -2.54. The quantitative estimate of drug-likeness (QED) is 0.549. The van der Waals surface area contributed by atoms with Crippen molar-refractivity contribution in [2.75, 3.05) is 30.9 Å². The topological polar surface area (TPSA) is 82.6 Å². The normalized spacial score (nSPS) is 19.4. The van der Waals surface area contributed by atoms with Gasteiger partial charge in [0.2, 0.25) is 0 Å². The lowest BCUT2D eigenvalue weighted by Gasteiger charge is -2.40. The van der Waals surface area contributed by atoms with Crippen LogP contribution in [0.15, 0.2) is 59.6 Å². The van der Waals surface area contributed by atoms with Crippen LogP contribution in [-0.4, -0.2) is 61.3 Å². The number of sulfonamides is 1. The molecule has 5 rings (SSSR count). The third-order valence-corrected chi connectivity index (χ3v) is 8.25. The molecule has 1 aliphatic carbocycles. The van der Waals surface area contributed by atoms with Crippen molar-refractivity contribution in [3.63, 3.8) is 0 Å². The molecule has 3 aromatic rings. The first-order valence-corrected chi connectivity index (χ1v) is 13.4. The number of rotatable bonds is 6. The van der Waals surface area contributed by atoms with Gasteiger partial charge in [-0.1, -0.05) is 29.8 Å². The van der Waals surface area contributed by atoms with Gasteiger partial charge in [0, 0.05) is 43.8 Å². The number of carbonyl (C=O) groups is 1. The number of anilines is 1. The van der Waals surface area contributed by atoms with Gasteiger partial charge < -0.3 is 4.90 Å². The average Bonchev–Trinajstić information content (AvgIpc) is 3.62. The fourth-order valence-corrected chi connectivity index (χ4v) is 6.07. The van der Waals surface area contributed by atoms with E-state index in [2.05, 4.69) is 21.5 Å². The molecular formula is C25H27ClN4O3S. The van der Waals surface area contributed by atoms with E-state index in [-0.39, 0.29) is 27.6 Å². The average molecular weight is 499 g/mol. The maximum absolute atomic E-state index is 13.2. The molecule has 2 aromatic carbocycles. The second kappa shape index (κ2) is 9.17. The number of piperazine rings is 1. The molecule has 9 heteroatoms. The van der Waals surface area contributed by atoms with Crippen molar-refractivity contribution in [1.82, 2.24) is 14.8 Å². The van der Waals surface area contributed by atoms with Crippen molar-refractivity contribution in [2.45, 2.75) is 30.7 Å². The summed E-state index contributed by atoms with van der Waals surface area (Å²) in [5, 5.41) is 0.949. The number of carbonyl (C=O) groups excluding carboxylic acids is 1. The smallest absolute Gasteiger partial charge is 0.264 e. The molecule has 0 bridgehead atoms. The van der Waals surface area contributed by atoms with Crippen molar-refractivity contribution in [1.29, 1.82) is 0 Å². The standard InChI is InChI=1S/C25H27ClN4O3S/c1-17-15-29(16-18-7-8-18)12-13-30(17)25(31)21-10-9-20(14-22(21)26)28-34(32,33)23-6-2-4-19-5-3-11-27-24(19)23/h2-6,9-11,14,17-18,28H,7-8,12-13,15-16H2,1H3. The second-order valence-corrected chi connectivity index (χ2v) is 11.2. The van der Waals surface area contributed by atoms with Crippen molar-refractivity contribution in [3.05, 3.63) is 65.3 Å². The molecule has 7 nitrogen and oxygen atoms in total. The number of pyridine rings is 1. The molecule has 1 aromatic heterocycles. The van der Waals surface area contributed by atoms with E-state index in [1.165, 1.54) is 25.0 Å². The number of benzene rings is 2. The molecule has 2 fully saturated rings. The Labute approximate surface area is 204 Å². The zero-order valence-electron chi connectivity index (χ0n) is 18.9. The highest BCUT2D eigenvalue weighted by molar-refractivity contribution is 7.93. The number of nitrogens with zero attached hydrogens (tertiary/aromatic N) is 3. The number of fused-ring (bicyclic) bond motifs is 1. The van der Waals surface area contributed by atoms with Crippen LogP contribution in [0.4, 0.5) is 5.69 Å². The minimum Gasteiger partial charge on any atom is -0.333 e. The number of para-hydroxylation sites is 1. The lowest BCUT2D eigenvalue weighted by atomic mass is 10.1. The number of halogens is 1. The molecule has 0 radical (unpaired) electrons. The molecule has 1 saturated heterocycles. The zero-order valence-corrected chi connectivity index (χ0v) is 20.5. The maximum Gasteiger partial charge on any atom is 0.264 e. The highest BCUT2D eigenvalue weighted by Gasteiger charge is 2.32. The SMILES string of the molecule is CC1CN(CC2CC2)CCN1C(=O)c1ccc(NS(=O)(=O)c2cccc3cccnc23)cc1Cl. The van der Waals surface area contributed by atoms with E-state index in [1.54, 1.807) is 30.5 Å². The van der Waals surface area contributed by atoms with Crippen LogP contribution >= 0.6 is 11.6 Å². The van der Waals surface area contributed by atoms with E-state index in [0.29, 0.717) is 17.6 Å². The molecule has 34 heavy (non-hydrogen) atoms. The lowest BCUT2D eigenvalue weighted by molar-refractivity contribution is 0.0482. The molecule has 2 aliphatic rings. The van der Waals surface area contributed by atoms with Crippen LogP contribution in [0.3, 0.4) is 0 Å². The summed E-state index contributed by atoms with van der Waals surface area (Å²) in [6.45, 7) is 5.56. The van der Waals surface area contributed by atoms with Gasteiger partial charge in [-0.2, -0.15) is 0 Å². The van der Waals surface area contributed by atoms with Gasteiger partial charge in [0.25, 0.3) is 15.9 Å². The van der Waals surface area contributed by atoms with E-state index in [9.17, 15) is 13.2 Å². The Morgan fingerprint density at radius 3 is 2.68 bits per heavy atom. The fraction of sp³-hybridized carbons (Fsp3) is 0.360. The molecule has 1 aliphatic heterocycles. The summed E-state index contributed by atoms with van der Waals surface area (Å²) in [6.07, 6.45) is 4.19. The summed E-state index contributed by atoms with van der Waals surface area (Å²) in [5.41, 5.74) is 1.06. The third-order valence-electron chi connectivity index (χ3n) is 6.52. The Morgan fingerprint density at radius 1 is 1.15 bits per heavy atom. The molecule has 0 spiro atoms. The molecule has 2 heterocycles. The summed E-state index contributed by atoms with van der Waals surface area (Å²) < 4.78 is 28.7. The Hall–Kier alpha value is -2.68. The Bertz CT molecular complexity index is 1340. The molecule has 1 atom stereocenters. The van der Waals surface area contributed by atoms with Crippen molar-refractivity contribution in [2.24, 2.45) is 5.92 Å². The number of aromatic nitrogens is 1. The largest absolute Gasteiger partial charge is 0.333 e. The molecular weight excluding hydrogens is 472 g/mol. The van der Waals surface area contributed by atoms with Crippen molar-refractivity contribution >= 4 is 44.1 Å². The van der Waals surface area contributed by atoms with Gasteiger partial charge in [-0.3, -0.25) is 19.4 Å². The summed E-state index contributed by atoms with van der Waals surface area (Å²) in [4.78, 5) is 21.8. The van der Waals surface area contributed by atoms with E-state index in [0.717, 1.165) is 30.9 Å². The predicted octanol–water partition coefficient (Wildman–Crippen LogP) is 4.25. The number of amides is 1. The van der Waals surface area contributed by atoms with Gasteiger partial charge in [-0.15, -0.1) is 0 Å². The Balaban J connectivity index is 1.32. The molecule has 178 valence electrons. The zero-order chi connectivity index (χ0) is 23.9. The Morgan fingerprint density at radius 2 is 1.94 bits per heavy atom. The molecule has 1 saturated carbocycles. The van der Waals surface area contributed by atoms with E-state index in [1.807, 2.05) is 17.0 Å². The van der Waals surface area contributed by atoms with Crippen LogP contribution in [0.5, 0.6) is 0 Å².